The van der Waals surface area contributed by atoms with Crippen molar-refractivity contribution in [1.82, 2.24) is 19.6 Å². The van der Waals surface area contributed by atoms with Crippen LogP contribution >= 0.6 is 0 Å². The molecule has 6 nitrogen and oxygen atoms in total. The summed E-state index contributed by atoms with van der Waals surface area (Å²) >= 11 is 0. The lowest BCUT2D eigenvalue weighted by atomic mass is 10.0. The Kier molecular flexibility index (Phi) is 3.82. The molecule has 0 radical (unpaired) electrons. The zero-order valence-electron chi connectivity index (χ0n) is 12.4. The number of aryl methyl sites for hydroxylation is 1. The first-order valence-corrected chi connectivity index (χ1v) is 7.56. The van der Waals surface area contributed by atoms with Crippen LogP contribution in [0.2, 0.25) is 0 Å². The summed E-state index contributed by atoms with van der Waals surface area (Å²) in [7, 11) is 1.92. The molecule has 2 aliphatic rings. The van der Waals surface area contributed by atoms with Crippen LogP contribution in [0, 0.1) is 17.4 Å². The highest BCUT2D eigenvalue weighted by Crippen LogP contribution is 2.28. The molecule has 2 fully saturated rings. The average molecular weight is 287 g/mol. The predicted octanol–water partition coefficient (Wildman–Crippen LogP) is 0.929. The van der Waals surface area contributed by atoms with Crippen LogP contribution in [0.5, 0.6) is 0 Å². The molecule has 0 aliphatic carbocycles. The number of nitriles is 1. The van der Waals surface area contributed by atoms with Gasteiger partial charge in [0, 0.05) is 51.8 Å². The summed E-state index contributed by atoms with van der Waals surface area (Å²) in [5, 5.41) is 13.1. The molecule has 1 aromatic heterocycles. The number of carbonyl (C=O) groups excluding carboxylic acids is 1. The van der Waals surface area contributed by atoms with Gasteiger partial charge in [-0.15, -0.1) is 0 Å². The van der Waals surface area contributed by atoms with E-state index in [0.717, 1.165) is 39.0 Å². The highest BCUT2D eigenvalue weighted by molar-refractivity contribution is 5.77. The minimum absolute atomic E-state index is 0.242. The van der Waals surface area contributed by atoms with Crippen molar-refractivity contribution in [2.45, 2.75) is 25.2 Å². The molecule has 1 unspecified atom stereocenters. The molecule has 0 aromatic carbocycles. The third-order valence-corrected chi connectivity index (χ3v) is 4.63. The van der Waals surface area contributed by atoms with Crippen molar-refractivity contribution in [2.24, 2.45) is 13.0 Å². The number of nitrogens with zero attached hydrogens (tertiary/aromatic N) is 5. The standard InChI is InChI=1S/C15H21N5O/c1-18-9-14(7-17-18)13-3-5-20(10-13)15(21)6-12-2-4-19(8-12)11-16/h7,9,12-13H,2-6,8,10H2,1H3/t12-,13?/m0/s1. The van der Waals surface area contributed by atoms with Crippen molar-refractivity contribution in [1.29, 1.82) is 5.26 Å². The number of carbonyl (C=O) groups is 1. The first kappa shape index (κ1) is 13.9. The molecular weight excluding hydrogens is 266 g/mol. The number of amides is 1. The maximum Gasteiger partial charge on any atom is 0.222 e. The van der Waals surface area contributed by atoms with Gasteiger partial charge in [0.25, 0.3) is 0 Å². The molecule has 2 saturated heterocycles. The molecule has 0 saturated carbocycles. The maximum atomic E-state index is 12.4. The van der Waals surface area contributed by atoms with Gasteiger partial charge in [-0.2, -0.15) is 10.4 Å². The maximum absolute atomic E-state index is 12.4. The second-order valence-corrected chi connectivity index (χ2v) is 6.18. The third kappa shape index (κ3) is 3.02. The smallest absolute Gasteiger partial charge is 0.222 e. The molecule has 1 aromatic rings. The lowest BCUT2D eigenvalue weighted by molar-refractivity contribution is -0.131. The Morgan fingerprint density at radius 2 is 2.29 bits per heavy atom. The molecule has 0 N–H and O–H groups in total. The van der Waals surface area contributed by atoms with Crippen molar-refractivity contribution in [2.75, 3.05) is 26.2 Å². The Morgan fingerprint density at radius 3 is 2.95 bits per heavy atom. The SMILES string of the molecule is Cn1cc(C2CCN(C(=O)C[C@@H]3CCN(C#N)C3)C2)cn1. The van der Waals surface area contributed by atoms with Crippen LogP contribution in [0.1, 0.15) is 30.7 Å². The summed E-state index contributed by atoms with van der Waals surface area (Å²) in [6.07, 6.45) is 8.67. The summed E-state index contributed by atoms with van der Waals surface area (Å²) in [5.74, 6) is 1.00. The van der Waals surface area contributed by atoms with Crippen LogP contribution in [-0.4, -0.2) is 51.7 Å². The molecule has 0 spiro atoms. The Labute approximate surface area is 124 Å². The molecule has 2 atom stereocenters. The fourth-order valence-electron chi connectivity index (χ4n) is 3.38. The van der Waals surface area contributed by atoms with Crippen LogP contribution in [-0.2, 0) is 11.8 Å². The lowest BCUT2D eigenvalue weighted by Gasteiger charge is -2.18. The van der Waals surface area contributed by atoms with E-state index in [4.69, 9.17) is 5.26 Å². The summed E-state index contributed by atoms with van der Waals surface area (Å²) < 4.78 is 1.81. The van der Waals surface area contributed by atoms with E-state index >= 15 is 0 Å². The molecule has 3 rings (SSSR count). The minimum atomic E-state index is 0.242. The van der Waals surface area contributed by atoms with Crippen LogP contribution in [0.3, 0.4) is 0 Å². The van der Waals surface area contributed by atoms with Gasteiger partial charge in [0.15, 0.2) is 6.19 Å². The first-order chi connectivity index (χ1) is 10.2. The van der Waals surface area contributed by atoms with Crippen molar-refractivity contribution in [3.63, 3.8) is 0 Å². The van der Waals surface area contributed by atoms with Crippen molar-refractivity contribution >= 4 is 5.91 Å². The fourth-order valence-corrected chi connectivity index (χ4v) is 3.38. The van der Waals surface area contributed by atoms with Crippen LogP contribution in [0.15, 0.2) is 12.4 Å². The number of rotatable bonds is 3. The monoisotopic (exact) mass is 287 g/mol. The summed E-state index contributed by atoms with van der Waals surface area (Å²) in [6.45, 7) is 3.18. The predicted molar refractivity (Wildman–Crippen MR) is 77.1 cm³/mol. The van der Waals surface area contributed by atoms with Gasteiger partial charge in [0.05, 0.1) is 6.20 Å². The first-order valence-electron chi connectivity index (χ1n) is 7.56. The topological polar surface area (TPSA) is 65.2 Å². The van der Waals surface area contributed by atoms with Gasteiger partial charge in [-0.25, -0.2) is 0 Å². The quantitative estimate of drug-likeness (QED) is 0.776. The van der Waals surface area contributed by atoms with Crippen LogP contribution in [0.25, 0.3) is 0 Å². The Morgan fingerprint density at radius 1 is 1.43 bits per heavy atom. The Bertz CT molecular complexity index is 561. The number of likely N-dealkylation sites (tertiary alicyclic amines) is 2. The van der Waals surface area contributed by atoms with E-state index in [0.29, 0.717) is 18.3 Å². The lowest BCUT2D eigenvalue weighted by Crippen LogP contribution is -2.30. The second kappa shape index (κ2) is 5.76. The van der Waals surface area contributed by atoms with E-state index in [9.17, 15) is 4.79 Å². The summed E-state index contributed by atoms with van der Waals surface area (Å²) in [4.78, 5) is 16.1. The Balaban J connectivity index is 1.52. The van der Waals surface area contributed by atoms with Crippen molar-refractivity contribution in [3.8, 4) is 6.19 Å². The largest absolute Gasteiger partial charge is 0.342 e. The average Bonchev–Trinajstić information content (AvgIpc) is 3.17. The van der Waals surface area contributed by atoms with E-state index < -0.39 is 0 Å². The van der Waals surface area contributed by atoms with Gasteiger partial charge in [0.1, 0.15) is 0 Å². The minimum Gasteiger partial charge on any atom is -0.342 e. The molecule has 21 heavy (non-hydrogen) atoms. The normalized spacial score (nSPS) is 25.3. The van der Waals surface area contributed by atoms with Gasteiger partial charge in [-0.1, -0.05) is 0 Å². The number of hydrogen-bond donors (Lipinski definition) is 0. The Hall–Kier alpha value is -2.03. The molecule has 0 bridgehead atoms. The molecular formula is C15H21N5O. The summed E-state index contributed by atoms with van der Waals surface area (Å²) in [5.41, 5.74) is 1.23. The van der Waals surface area contributed by atoms with E-state index in [1.165, 1.54) is 5.56 Å². The van der Waals surface area contributed by atoms with Crippen molar-refractivity contribution < 1.29 is 4.79 Å². The van der Waals surface area contributed by atoms with Gasteiger partial charge in [-0.05, 0) is 24.3 Å². The van der Waals surface area contributed by atoms with Crippen molar-refractivity contribution in [3.05, 3.63) is 18.0 Å². The number of hydrogen-bond acceptors (Lipinski definition) is 4. The van der Waals surface area contributed by atoms with E-state index in [2.05, 4.69) is 11.3 Å². The molecule has 1 amide bonds. The van der Waals surface area contributed by atoms with E-state index in [1.807, 2.05) is 29.0 Å². The zero-order chi connectivity index (χ0) is 14.8. The van der Waals surface area contributed by atoms with Crippen LogP contribution in [0.4, 0.5) is 0 Å². The highest BCUT2D eigenvalue weighted by atomic mass is 16.2. The van der Waals surface area contributed by atoms with Gasteiger partial charge < -0.3 is 9.80 Å². The van der Waals surface area contributed by atoms with Gasteiger partial charge >= 0.3 is 0 Å². The second-order valence-electron chi connectivity index (χ2n) is 6.18. The zero-order valence-corrected chi connectivity index (χ0v) is 12.4. The van der Waals surface area contributed by atoms with Gasteiger partial charge in [-0.3, -0.25) is 9.48 Å². The molecule has 3 heterocycles. The van der Waals surface area contributed by atoms with E-state index in [1.54, 1.807) is 4.90 Å². The fraction of sp³-hybridized carbons (Fsp3) is 0.667. The molecule has 6 heteroatoms. The van der Waals surface area contributed by atoms with Gasteiger partial charge in [0.2, 0.25) is 5.91 Å². The summed E-state index contributed by atoms with van der Waals surface area (Å²) in [6, 6.07) is 0. The highest BCUT2D eigenvalue weighted by Gasteiger charge is 2.31. The number of aromatic nitrogens is 2. The van der Waals surface area contributed by atoms with Crippen LogP contribution < -0.4 is 0 Å². The third-order valence-electron chi connectivity index (χ3n) is 4.63. The molecule has 112 valence electrons. The molecule has 2 aliphatic heterocycles. The van der Waals surface area contributed by atoms with E-state index in [-0.39, 0.29) is 5.91 Å².